The molecule has 0 heterocycles. The zero-order chi connectivity index (χ0) is 53.4. The van der Waals surface area contributed by atoms with E-state index in [1.165, 1.54) is 154 Å². The van der Waals surface area contributed by atoms with Crippen LogP contribution in [-0.2, 0) is 33.3 Å². The van der Waals surface area contributed by atoms with Crippen molar-refractivity contribution in [2.75, 3.05) is 47.5 Å². The minimum absolute atomic E-state index is 0.149. The Bertz CT molecular complexity index is 1420. The second-order valence-electron chi connectivity index (χ2n) is 21.3. The summed E-state index contributed by atoms with van der Waals surface area (Å²) in [5.41, 5.74) is 0. The van der Waals surface area contributed by atoms with Gasteiger partial charge in [-0.05, 0) is 64.2 Å². The molecule has 0 saturated carbocycles. The van der Waals surface area contributed by atoms with Crippen molar-refractivity contribution in [3.63, 3.8) is 0 Å². The minimum Gasteiger partial charge on any atom is -0.545 e. The first-order chi connectivity index (χ1) is 35.6. The third kappa shape index (κ3) is 56.3. The van der Waals surface area contributed by atoms with Gasteiger partial charge in [-0.15, -0.1) is 0 Å². The smallest absolute Gasteiger partial charge is 0.306 e. The number of carbonyl (C=O) groups is 3. The van der Waals surface area contributed by atoms with Gasteiger partial charge in [0.1, 0.15) is 13.2 Å². The number of esters is 2. The maximum Gasteiger partial charge on any atom is 0.306 e. The van der Waals surface area contributed by atoms with Crippen LogP contribution in [0.4, 0.5) is 0 Å². The largest absolute Gasteiger partial charge is 0.545 e. The molecule has 0 rings (SSSR count). The molecule has 0 aliphatic carbocycles. The zero-order valence-electron chi connectivity index (χ0n) is 48.0. The van der Waals surface area contributed by atoms with Gasteiger partial charge in [-0.25, -0.2) is 0 Å². The lowest BCUT2D eigenvalue weighted by atomic mass is 10.0. The summed E-state index contributed by atoms with van der Waals surface area (Å²) in [6, 6.07) is 0. The second-order valence-corrected chi connectivity index (χ2v) is 21.3. The van der Waals surface area contributed by atoms with E-state index in [2.05, 4.69) is 86.8 Å². The summed E-state index contributed by atoms with van der Waals surface area (Å²) in [5.74, 6) is -2.28. The van der Waals surface area contributed by atoms with Crippen LogP contribution in [-0.4, -0.2) is 82.3 Å². The first-order valence-electron chi connectivity index (χ1n) is 30.1. The van der Waals surface area contributed by atoms with E-state index in [4.69, 9.17) is 18.9 Å². The van der Waals surface area contributed by atoms with E-state index in [-0.39, 0.29) is 32.2 Å². The number of carbonyl (C=O) groups excluding carboxylic acids is 3. The maximum atomic E-state index is 12.8. The summed E-state index contributed by atoms with van der Waals surface area (Å²) in [6.45, 7) is 4.59. The molecule has 0 aromatic heterocycles. The SMILES string of the molecule is CC/C=C\C/C=C\C/C=C\C/C=C\C/C=C\C/C=C\CCCCCCCCCCCCCCCCCCCCCCCCC(=O)OC(COC(=O)CCCCCCCCC)COC(OCC[N+](C)(C)C)C(=O)[O-]. The molecule has 9 heteroatoms. The Hall–Kier alpha value is -3.27. The molecule has 0 saturated heterocycles. The van der Waals surface area contributed by atoms with Crippen molar-refractivity contribution in [1.82, 2.24) is 0 Å². The first-order valence-corrected chi connectivity index (χ1v) is 30.1. The molecule has 0 bridgehead atoms. The highest BCUT2D eigenvalue weighted by molar-refractivity contribution is 5.70. The molecule has 0 aromatic rings. The number of nitrogens with zero attached hydrogens (tertiary/aromatic N) is 1. The minimum atomic E-state index is -1.62. The summed E-state index contributed by atoms with van der Waals surface area (Å²) in [6.07, 6.45) is 68.7. The number of allylic oxidation sites excluding steroid dienone is 12. The molecule has 0 spiro atoms. The highest BCUT2D eigenvalue weighted by atomic mass is 16.7. The lowest BCUT2D eigenvalue weighted by molar-refractivity contribution is -0.870. The fraction of sp³-hybridized carbons (Fsp3) is 0.766. The summed E-state index contributed by atoms with van der Waals surface area (Å²) in [4.78, 5) is 36.9. The molecular formula is C64H113NO8. The van der Waals surface area contributed by atoms with E-state index in [0.717, 1.165) is 70.6 Å². The normalized spacial score (nSPS) is 13.3. The predicted octanol–water partition coefficient (Wildman–Crippen LogP) is 16.5. The molecule has 0 fully saturated rings. The van der Waals surface area contributed by atoms with E-state index in [9.17, 15) is 19.5 Å². The summed E-state index contributed by atoms with van der Waals surface area (Å²) in [5, 5.41) is 11.7. The van der Waals surface area contributed by atoms with Gasteiger partial charge in [0, 0.05) is 12.8 Å². The Kier molecular flexibility index (Phi) is 52.5. The van der Waals surface area contributed by atoms with E-state index in [0.29, 0.717) is 23.9 Å². The van der Waals surface area contributed by atoms with Gasteiger partial charge in [-0.2, -0.15) is 0 Å². The number of carboxylic acid groups (broad SMARTS) is 1. The van der Waals surface area contributed by atoms with Gasteiger partial charge in [0.05, 0.1) is 40.3 Å². The van der Waals surface area contributed by atoms with Gasteiger partial charge in [-0.3, -0.25) is 9.59 Å². The molecule has 2 unspecified atom stereocenters. The molecule has 0 N–H and O–H groups in total. The number of hydrogen-bond acceptors (Lipinski definition) is 8. The molecule has 0 amide bonds. The van der Waals surface area contributed by atoms with Crippen LogP contribution in [0.15, 0.2) is 72.9 Å². The Labute approximate surface area is 449 Å². The summed E-state index contributed by atoms with van der Waals surface area (Å²) >= 11 is 0. The van der Waals surface area contributed by atoms with Gasteiger partial charge in [0.25, 0.3) is 0 Å². The fourth-order valence-electron chi connectivity index (χ4n) is 8.36. The van der Waals surface area contributed by atoms with Crippen LogP contribution < -0.4 is 5.11 Å². The Morgan fingerprint density at radius 3 is 1.16 bits per heavy atom. The van der Waals surface area contributed by atoms with Crippen molar-refractivity contribution in [1.29, 1.82) is 0 Å². The molecular weight excluding hydrogens is 911 g/mol. The molecule has 2 atom stereocenters. The standard InChI is InChI=1S/C64H113NO8/c1-6-8-10-12-14-15-16-17-18-19-20-21-22-23-24-25-26-27-28-29-30-31-32-33-34-35-36-37-38-39-40-41-42-43-44-45-46-47-49-51-53-55-62(67)73-60(58-71-61(66)54-52-50-48-13-11-9-7-2)59-72-64(63(68)69)70-57-56-65(3,4)5/h8,10,14-15,17-18,20-21,23-24,26-27,60,64H,6-7,9,11-13,16,19,22,25,28-59H2,1-5H3/b10-8-,15-14-,18-17-,21-20-,24-23-,27-26-. The van der Waals surface area contributed by atoms with Gasteiger partial charge < -0.3 is 33.3 Å². The van der Waals surface area contributed by atoms with Crippen molar-refractivity contribution < 1.29 is 42.9 Å². The van der Waals surface area contributed by atoms with Crippen molar-refractivity contribution in [3.05, 3.63) is 72.9 Å². The number of aliphatic carboxylic acids is 1. The third-order valence-electron chi connectivity index (χ3n) is 13.0. The van der Waals surface area contributed by atoms with Crippen molar-refractivity contribution >= 4 is 17.9 Å². The van der Waals surface area contributed by atoms with Crippen molar-refractivity contribution in [3.8, 4) is 0 Å². The molecule has 0 aliphatic rings. The van der Waals surface area contributed by atoms with E-state index < -0.39 is 24.3 Å². The van der Waals surface area contributed by atoms with Crippen LogP contribution in [0.2, 0.25) is 0 Å². The Morgan fingerprint density at radius 1 is 0.425 bits per heavy atom. The summed E-state index contributed by atoms with van der Waals surface area (Å²) in [7, 11) is 5.91. The van der Waals surface area contributed by atoms with E-state index >= 15 is 0 Å². The number of unbranched alkanes of at least 4 members (excludes halogenated alkanes) is 28. The Balaban J connectivity index is 3.84. The first kappa shape index (κ1) is 69.7. The Morgan fingerprint density at radius 2 is 0.781 bits per heavy atom. The summed E-state index contributed by atoms with van der Waals surface area (Å²) < 4.78 is 22.5. The van der Waals surface area contributed by atoms with E-state index in [1.54, 1.807) is 0 Å². The van der Waals surface area contributed by atoms with Gasteiger partial charge in [0.15, 0.2) is 12.4 Å². The number of carboxylic acids is 1. The lowest BCUT2D eigenvalue weighted by Gasteiger charge is -2.26. The third-order valence-corrected chi connectivity index (χ3v) is 13.0. The maximum absolute atomic E-state index is 12.8. The molecule has 422 valence electrons. The number of hydrogen-bond donors (Lipinski definition) is 0. The fourth-order valence-corrected chi connectivity index (χ4v) is 8.36. The average Bonchev–Trinajstić information content (AvgIpc) is 3.36. The number of likely N-dealkylation sites (N-methyl/N-ethyl adjacent to an activating group) is 1. The number of quaternary nitrogens is 1. The quantitative estimate of drug-likeness (QED) is 0.0195. The van der Waals surface area contributed by atoms with E-state index in [1.807, 2.05) is 21.1 Å². The van der Waals surface area contributed by atoms with Crippen LogP contribution in [0.1, 0.15) is 258 Å². The van der Waals surface area contributed by atoms with Crippen LogP contribution in [0.25, 0.3) is 0 Å². The number of rotatable bonds is 55. The van der Waals surface area contributed by atoms with Crippen LogP contribution in [0.3, 0.4) is 0 Å². The van der Waals surface area contributed by atoms with Crippen LogP contribution >= 0.6 is 0 Å². The molecule has 73 heavy (non-hydrogen) atoms. The van der Waals surface area contributed by atoms with Crippen LogP contribution in [0, 0.1) is 0 Å². The van der Waals surface area contributed by atoms with Gasteiger partial charge >= 0.3 is 11.9 Å². The number of ether oxygens (including phenoxy) is 4. The molecule has 9 nitrogen and oxygen atoms in total. The van der Waals surface area contributed by atoms with Crippen molar-refractivity contribution in [2.24, 2.45) is 0 Å². The highest BCUT2D eigenvalue weighted by Crippen LogP contribution is 2.17. The molecule has 0 aromatic carbocycles. The zero-order valence-corrected chi connectivity index (χ0v) is 48.0. The lowest BCUT2D eigenvalue weighted by Crippen LogP contribution is -2.44. The van der Waals surface area contributed by atoms with Crippen molar-refractivity contribution in [2.45, 2.75) is 270 Å². The topological polar surface area (TPSA) is 111 Å². The predicted molar refractivity (Wildman–Crippen MR) is 306 cm³/mol. The highest BCUT2D eigenvalue weighted by Gasteiger charge is 2.22. The molecule has 0 radical (unpaired) electrons. The van der Waals surface area contributed by atoms with Gasteiger partial charge in [0.2, 0.25) is 0 Å². The monoisotopic (exact) mass is 1020 g/mol. The molecule has 0 aliphatic heterocycles. The second kappa shape index (κ2) is 55.0. The van der Waals surface area contributed by atoms with Gasteiger partial charge in [-0.1, -0.05) is 254 Å². The average molecular weight is 1020 g/mol. The van der Waals surface area contributed by atoms with Crippen LogP contribution in [0.5, 0.6) is 0 Å².